The van der Waals surface area contributed by atoms with Gasteiger partial charge in [0.05, 0.1) is 6.54 Å². The Kier molecular flexibility index (Phi) is 6.65. The fourth-order valence-corrected chi connectivity index (χ4v) is 2.53. The van der Waals surface area contributed by atoms with E-state index < -0.39 is 5.60 Å². The fourth-order valence-electron chi connectivity index (χ4n) is 2.53. The van der Waals surface area contributed by atoms with Gasteiger partial charge in [-0.05, 0) is 57.5 Å². The second-order valence-corrected chi connectivity index (χ2v) is 7.23. The second-order valence-electron chi connectivity index (χ2n) is 7.23. The molecule has 2 aromatic carbocycles. The first kappa shape index (κ1) is 20.5. The van der Waals surface area contributed by atoms with Crippen LogP contribution in [-0.2, 0) is 0 Å². The zero-order chi connectivity index (χ0) is 20.0. The van der Waals surface area contributed by atoms with E-state index in [0.29, 0.717) is 24.3 Å². The molecule has 1 N–H and O–H groups in total. The van der Waals surface area contributed by atoms with E-state index in [2.05, 4.69) is 17.9 Å². The second kappa shape index (κ2) is 8.75. The number of aliphatic hydroxyl groups is 1. The Morgan fingerprint density at radius 2 is 1.93 bits per heavy atom. The molecule has 0 aliphatic carbocycles. The molecule has 27 heavy (non-hydrogen) atoms. The van der Waals surface area contributed by atoms with Crippen molar-refractivity contribution in [1.29, 1.82) is 0 Å². The number of aryl methyl sites for hydroxylation is 2. The van der Waals surface area contributed by atoms with E-state index in [1.54, 1.807) is 44.0 Å². The van der Waals surface area contributed by atoms with E-state index in [1.807, 2.05) is 32.0 Å². The molecule has 0 bridgehead atoms. The molecule has 0 fully saturated rings. The molecule has 0 aliphatic heterocycles. The SMILES string of the molecule is Cc1ccc(OCCN(C)C(=O)c2cccc(C#CC(C)(C)O)c2)c(C)c1. The minimum Gasteiger partial charge on any atom is -0.491 e. The number of rotatable bonds is 5. The largest absolute Gasteiger partial charge is 0.491 e. The lowest BCUT2D eigenvalue weighted by molar-refractivity contribution is 0.0773. The van der Waals surface area contributed by atoms with E-state index in [4.69, 9.17) is 4.74 Å². The van der Waals surface area contributed by atoms with Gasteiger partial charge in [-0.2, -0.15) is 0 Å². The van der Waals surface area contributed by atoms with Gasteiger partial charge >= 0.3 is 0 Å². The Hall–Kier alpha value is -2.77. The van der Waals surface area contributed by atoms with E-state index in [9.17, 15) is 9.90 Å². The van der Waals surface area contributed by atoms with Gasteiger partial charge in [0.2, 0.25) is 0 Å². The van der Waals surface area contributed by atoms with Gasteiger partial charge in [0.1, 0.15) is 18.0 Å². The first-order chi connectivity index (χ1) is 12.7. The molecule has 0 aliphatic rings. The molecular formula is C23H27NO3. The summed E-state index contributed by atoms with van der Waals surface area (Å²) in [6.45, 7) is 8.20. The number of benzene rings is 2. The lowest BCUT2D eigenvalue weighted by Gasteiger charge is -2.18. The van der Waals surface area contributed by atoms with Crippen LogP contribution in [0.25, 0.3) is 0 Å². The van der Waals surface area contributed by atoms with Crippen molar-refractivity contribution >= 4 is 5.91 Å². The Bertz CT molecular complexity index is 869. The molecular weight excluding hydrogens is 338 g/mol. The van der Waals surface area contributed by atoms with Crippen LogP contribution in [-0.4, -0.2) is 41.7 Å². The molecule has 0 heterocycles. The quantitative estimate of drug-likeness (QED) is 0.824. The minimum atomic E-state index is -1.07. The number of hydrogen-bond acceptors (Lipinski definition) is 3. The average molecular weight is 365 g/mol. The summed E-state index contributed by atoms with van der Waals surface area (Å²) in [5.74, 6) is 6.40. The van der Waals surface area contributed by atoms with Crippen LogP contribution >= 0.6 is 0 Å². The summed E-state index contributed by atoms with van der Waals surface area (Å²) in [6, 6.07) is 13.2. The first-order valence-corrected chi connectivity index (χ1v) is 8.97. The first-order valence-electron chi connectivity index (χ1n) is 8.97. The summed E-state index contributed by atoms with van der Waals surface area (Å²) < 4.78 is 5.80. The van der Waals surface area contributed by atoms with Crippen LogP contribution in [0.15, 0.2) is 42.5 Å². The summed E-state index contributed by atoms with van der Waals surface area (Å²) in [4.78, 5) is 14.3. The van der Waals surface area contributed by atoms with Crippen LogP contribution in [0.3, 0.4) is 0 Å². The zero-order valence-corrected chi connectivity index (χ0v) is 16.7. The van der Waals surface area contributed by atoms with E-state index in [0.717, 1.165) is 11.3 Å². The molecule has 0 atom stereocenters. The van der Waals surface area contributed by atoms with Crippen molar-refractivity contribution in [2.24, 2.45) is 0 Å². The van der Waals surface area contributed by atoms with Crippen LogP contribution in [0.2, 0.25) is 0 Å². The highest BCUT2D eigenvalue weighted by Gasteiger charge is 2.12. The molecule has 4 nitrogen and oxygen atoms in total. The summed E-state index contributed by atoms with van der Waals surface area (Å²) in [5, 5.41) is 9.71. The average Bonchev–Trinajstić information content (AvgIpc) is 2.60. The lowest BCUT2D eigenvalue weighted by Crippen LogP contribution is -2.31. The van der Waals surface area contributed by atoms with Crippen LogP contribution in [0.5, 0.6) is 5.75 Å². The number of nitrogens with zero attached hydrogens (tertiary/aromatic N) is 1. The number of hydrogen-bond donors (Lipinski definition) is 1. The monoisotopic (exact) mass is 365 g/mol. The Balaban J connectivity index is 1.97. The Labute approximate surface area is 161 Å². The van der Waals surface area contributed by atoms with Crippen molar-refractivity contribution in [3.63, 3.8) is 0 Å². The van der Waals surface area contributed by atoms with Crippen molar-refractivity contribution in [2.75, 3.05) is 20.2 Å². The minimum absolute atomic E-state index is 0.0915. The molecule has 0 unspecified atom stereocenters. The molecule has 2 aromatic rings. The molecule has 2 rings (SSSR count). The molecule has 4 heteroatoms. The van der Waals surface area contributed by atoms with Crippen molar-refractivity contribution in [2.45, 2.75) is 33.3 Å². The standard InChI is InChI=1S/C23H27NO3/c1-17-9-10-21(18(2)15-17)27-14-13-24(5)22(25)20-8-6-7-19(16-20)11-12-23(3,4)26/h6-10,15-16,26H,13-14H2,1-5H3. The molecule has 0 saturated heterocycles. The summed E-state index contributed by atoms with van der Waals surface area (Å²) in [7, 11) is 1.75. The third-order valence-electron chi connectivity index (χ3n) is 3.98. The summed E-state index contributed by atoms with van der Waals surface area (Å²) in [5.41, 5.74) is 2.47. The predicted octanol–water partition coefficient (Wildman–Crippen LogP) is 3.58. The van der Waals surface area contributed by atoms with Crippen molar-refractivity contribution < 1.29 is 14.6 Å². The number of carbonyl (C=O) groups excluding carboxylic acids is 1. The fraction of sp³-hybridized carbons (Fsp3) is 0.348. The lowest BCUT2D eigenvalue weighted by atomic mass is 10.1. The number of amides is 1. The van der Waals surface area contributed by atoms with Gasteiger partial charge in [-0.25, -0.2) is 0 Å². The summed E-state index contributed by atoms with van der Waals surface area (Å²) in [6.07, 6.45) is 0. The number of ether oxygens (including phenoxy) is 1. The Morgan fingerprint density at radius 3 is 2.59 bits per heavy atom. The number of likely N-dealkylation sites (N-methyl/N-ethyl adjacent to an activating group) is 1. The normalized spacial score (nSPS) is 10.7. The van der Waals surface area contributed by atoms with Crippen LogP contribution in [0, 0.1) is 25.7 Å². The molecule has 142 valence electrons. The predicted molar refractivity (Wildman–Crippen MR) is 108 cm³/mol. The smallest absolute Gasteiger partial charge is 0.253 e. The maximum absolute atomic E-state index is 12.6. The van der Waals surface area contributed by atoms with Gasteiger partial charge in [-0.3, -0.25) is 4.79 Å². The van der Waals surface area contributed by atoms with Gasteiger partial charge in [-0.15, -0.1) is 0 Å². The highest BCUT2D eigenvalue weighted by atomic mass is 16.5. The topological polar surface area (TPSA) is 49.8 Å². The van der Waals surface area contributed by atoms with Gasteiger partial charge < -0.3 is 14.7 Å². The highest BCUT2D eigenvalue weighted by Crippen LogP contribution is 2.18. The maximum Gasteiger partial charge on any atom is 0.253 e. The highest BCUT2D eigenvalue weighted by molar-refractivity contribution is 5.94. The molecule has 0 saturated carbocycles. The van der Waals surface area contributed by atoms with Crippen LogP contribution < -0.4 is 4.74 Å². The molecule has 0 radical (unpaired) electrons. The van der Waals surface area contributed by atoms with E-state index in [1.165, 1.54) is 5.56 Å². The van der Waals surface area contributed by atoms with Crippen LogP contribution in [0.1, 0.15) is 40.9 Å². The summed E-state index contributed by atoms with van der Waals surface area (Å²) >= 11 is 0. The molecule has 1 amide bonds. The Morgan fingerprint density at radius 1 is 1.19 bits per heavy atom. The molecule has 0 spiro atoms. The third kappa shape index (κ3) is 6.47. The number of carbonyl (C=O) groups is 1. The van der Waals surface area contributed by atoms with E-state index >= 15 is 0 Å². The molecule has 0 aromatic heterocycles. The van der Waals surface area contributed by atoms with Gasteiger partial charge in [-0.1, -0.05) is 35.6 Å². The van der Waals surface area contributed by atoms with Crippen molar-refractivity contribution in [1.82, 2.24) is 4.90 Å². The maximum atomic E-state index is 12.6. The van der Waals surface area contributed by atoms with Crippen molar-refractivity contribution in [3.05, 3.63) is 64.7 Å². The van der Waals surface area contributed by atoms with Crippen molar-refractivity contribution in [3.8, 4) is 17.6 Å². The van der Waals surface area contributed by atoms with Gasteiger partial charge in [0, 0.05) is 18.2 Å². The van der Waals surface area contributed by atoms with Gasteiger partial charge in [0.25, 0.3) is 5.91 Å². The third-order valence-corrected chi connectivity index (χ3v) is 3.98. The van der Waals surface area contributed by atoms with Gasteiger partial charge in [0.15, 0.2) is 0 Å². The zero-order valence-electron chi connectivity index (χ0n) is 16.7. The van der Waals surface area contributed by atoms with E-state index in [-0.39, 0.29) is 5.91 Å². The van der Waals surface area contributed by atoms with Crippen LogP contribution in [0.4, 0.5) is 0 Å².